The van der Waals surface area contributed by atoms with Gasteiger partial charge >= 0.3 is 0 Å². The third kappa shape index (κ3) is 2.43. The minimum absolute atomic E-state index is 0.104. The van der Waals surface area contributed by atoms with Crippen LogP contribution < -0.4 is 5.32 Å². The standard InChI is InChI=1S/C16H15N5OS/c1-8-3-4-10(7-17-8)13-11-5-6-12-15(14(11)21-20-13)23-16(19-12)18-9(2)22/h3-4,7H,5-6H2,1-2H3,(H,20,21)(H,18,19,22). The fourth-order valence-corrected chi connectivity index (χ4v) is 3.89. The maximum atomic E-state index is 11.2. The van der Waals surface area contributed by atoms with E-state index in [2.05, 4.69) is 25.5 Å². The number of pyridine rings is 1. The molecule has 0 atom stereocenters. The highest BCUT2D eigenvalue weighted by Gasteiger charge is 2.26. The number of hydrogen-bond donors (Lipinski definition) is 2. The number of carbonyl (C=O) groups excluding carboxylic acids is 1. The Morgan fingerprint density at radius 1 is 1.35 bits per heavy atom. The average Bonchev–Trinajstić information content (AvgIpc) is 3.10. The lowest BCUT2D eigenvalue weighted by Gasteiger charge is -2.11. The Bertz CT molecular complexity index is 894. The predicted octanol–water partition coefficient (Wildman–Crippen LogP) is 2.96. The minimum Gasteiger partial charge on any atom is -0.302 e. The molecule has 6 nitrogen and oxygen atoms in total. The molecule has 1 aliphatic rings. The molecule has 0 aromatic carbocycles. The zero-order chi connectivity index (χ0) is 16.0. The lowest BCUT2D eigenvalue weighted by Crippen LogP contribution is -2.05. The van der Waals surface area contributed by atoms with Crippen LogP contribution in [0, 0.1) is 6.92 Å². The molecular formula is C16H15N5OS. The average molecular weight is 325 g/mol. The number of thiazole rings is 1. The molecule has 1 amide bonds. The molecule has 0 aliphatic heterocycles. The van der Waals surface area contributed by atoms with Crippen molar-refractivity contribution >= 4 is 22.4 Å². The highest BCUT2D eigenvalue weighted by molar-refractivity contribution is 7.19. The monoisotopic (exact) mass is 325 g/mol. The van der Waals surface area contributed by atoms with Gasteiger partial charge in [0.1, 0.15) is 0 Å². The summed E-state index contributed by atoms with van der Waals surface area (Å²) in [4.78, 5) is 21.1. The minimum atomic E-state index is -0.104. The van der Waals surface area contributed by atoms with Gasteiger partial charge in [0.2, 0.25) is 5.91 Å². The molecule has 0 radical (unpaired) electrons. The van der Waals surface area contributed by atoms with E-state index < -0.39 is 0 Å². The second kappa shape index (κ2) is 5.27. The summed E-state index contributed by atoms with van der Waals surface area (Å²) < 4.78 is 0. The molecule has 3 aromatic rings. The third-order valence-electron chi connectivity index (χ3n) is 3.87. The van der Waals surface area contributed by atoms with E-state index in [1.807, 2.05) is 25.3 Å². The highest BCUT2D eigenvalue weighted by Crippen LogP contribution is 2.41. The normalized spacial score (nSPS) is 12.6. The Morgan fingerprint density at radius 2 is 2.22 bits per heavy atom. The number of anilines is 1. The number of carbonyl (C=O) groups is 1. The summed E-state index contributed by atoms with van der Waals surface area (Å²) in [5, 5.41) is 11.0. The molecule has 0 saturated heterocycles. The maximum absolute atomic E-state index is 11.2. The van der Waals surface area contributed by atoms with Crippen LogP contribution in [-0.4, -0.2) is 26.1 Å². The van der Waals surface area contributed by atoms with Crippen molar-refractivity contribution in [1.82, 2.24) is 20.2 Å². The van der Waals surface area contributed by atoms with Gasteiger partial charge in [-0.2, -0.15) is 5.10 Å². The Kier molecular flexibility index (Phi) is 3.23. The fourth-order valence-electron chi connectivity index (χ4n) is 2.81. The van der Waals surface area contributed by atoms with Crippen molar-refractivity contribution in [2.45, 2.75) is 26.7 Å². The van der Waals surface area contributed by atoms with E-state index in [9.17, 15) is 4.79 Å². The van der Waals surface area contributed by atoms with Crippen LogP contribution in [0.4, 0.5) is 5.13 Å². The molecule has 3 heterocycles. The Hall–Kier alpha value is -2.54. The SMILES string of the molecule is CC(=O)Nc1nc2c(s1)-c1[nH]nc(-c3ccc(C)nc3)c1CC2. The van der Waals surface area contributed by atoms with Gasteiger partial charge in [0.25, 0.3) is 0 Å². The molecule has 116 valence electrons. The van der Waals surface area contributed by atoms with E-state index in [0.29, 0.717) is 5.13 Å². The van der Waals surface area contributed by atoms with Crippen LogP contribution in [0.5, 0.6) is 0 Å². The van der Waals surface area contributed by atoms with Crippen molar-refractivity contribution in [1.29, 1.82) is 0 Å². The number of aromatic amines is 1. The van der Waals surface area contributed by atoms with E-state index in [1.54, 1.807) is 0 Å². The van der Waals surface area contributed by atoms with Crippen LogP contribution in [0.1, 0.15) is 23.9 Å². The zero-order valence-corrected chi connectivity index (χ0v) is 13.6. The molecule has 0 unspecified atom stereocenters. The van der Waals surface area contributed by atoms with Gasteiger partial charge < -0.3 is 5.32 Å². The number of nitrogens with zero attached hydrogens (tertiary/aromatic N) is 3. The summed E-state index contributed by atoms with van der Waals surface area (Å²) in [6.45, 7) is 3.46. The first-order chi connectivity index (χ1) is 11.1. The fraction of sp³-hybridized carbons (Fsp3) is 0.250. The molecule has 0 saturated carbocycles. The summed E-state index contributed by atoms with van der Waals surface area (Å²) in [6.07, 6.45) is 3.59. The molecule has 2 N–H and O–H groups in total. The number of H-pyrrole nitrogens is 1. The number of hydrogen-bond acceptors (Lipinski definition) is 5. The molecule has 7 heteroatoms. The second-order valence-corrected chi connectivity index (χ2v) is 6.59. The first-order valence-corrected chi connectivity index (χ1v) is 8.21. The van der Waals surface area contributed by atoms with Crippen molar-refractivity contribution < 1.29 is 4.79 Å². The lowest BCUT2D eigenvalue weighted by molar-refractivity contribution is -0.114. The molecule has 0 fully saturated rings. The Balaban J connectivity index is 1.77. The molecule has 0 bridgehead atoms. The van der Waals surface area contributed by atoms with Gasteiger partial charge in [-0.15, -0.1) is 0 Å². The van der Waals surface area contributed by atoms with Gasteiger partial charge in [0, 0.05) is 29.9 Å². The van der Waals surface area contributed by atoms with Crippen molar-refractivity contribution in [2.24, 2.45) is 0 Å². The zero-order valence-electron chi connectivity index (χ0n) is 12.8. The van der Waals surface area contributed by atoms with Crippen LogP contribution >= 0.6 is 11.3 Å². The van der Waals surface area contributed by atoms with Gasteiger partial charge in [0.05, 0.1) is 22.0 Å². The summed E-state index contributed by atoms with van der Waals surface area (Å²) in [5.74, 6) is -0.104. The van der Waals surface area contributed by atoms with E-state index in [0.717, 1.165) is 46.1 Å². The van der Waals surface area contributed by atoms with E-state index >= 15 is 0 Å². The van der Waals surface area contributed by atoms with Crippen molar-refractivity contribution in [3.8, 4) is 21.8 Å². The molecular weight excluding hydrogens is 310 g/mol. The van der Waals surface area contributed by atoms with Crippen LogP contribution in [0.2, 0.25) is 0 Å². The van der Waals surface area contributed by atoms with Crippen molar-refractivity contribution in [3.63, 3.8) is 0 Å². The summed E-state index contributed by atoms with van der Waals surface area (Å²) >= 11 is 1.49. The van der Waals surface area contributed by atoms with Gasteiger partial charge in [-0.05, 0) is 31.9 Å². The van der Waals surface area contributed by atoms with Crippen molar-refractivity contribution in [2.75, 3.05) is 5.32 Å². The number of amides is 1. The summed E-state index contributed by atoms with van der Waals surface area (Å²) in [5.41, 5.74) is 6.18. The number of nitrogens with one attached hydrogen (secondary N) is 2. The first-order valence-electron chi connectivity index (χ1n) is 7.40. The summed E-state index contributed by atoms with van der Waals surface area (Å²) in [6, 6.07) is 4.04. The number of rotatable bonds is 2. The topological polar surface area (TPSA) is 83.6 Å². The van der Waals surface area contributed by atoms with Gasteiger partial charge in [-0.25, -0.2) is 4.98 Å². The smallest absolute Gasteiger partial charge is 0.223 e. The van der Waals surface area contributed by atoms with E-state index in [1.165, 1.54) is 23.8 Å². The van der Waals surface area contributed by atoms with Gasteiger partial charge in [-0.3, -0.25) is 14.9 Å². The molecule has 23 heavy (non-hydrogen) atoms. The number of aryl methyl sites for hydroxylation is 2. The quantitative estimate of drug-likeness (QED) is 0.759. The molecule has 1 aliphatic carbocycles. The first kappa shape index (κ1) is 14.1. The van der Waals surface area contributed by atoms with Crippen LogP contribution in [0.15, 0.2) is 18.3 Å². The number of aromatic nitrogens is 4. The van der Waals surface area contributed by atoms with E-state index in [-0.39, 0.29) is 5.91 Å². The molecule has 4 rings (SSSR count). The van der Waals surface area contributed by atoms with Gasteiger partial charge in [-0.1, -0.05) is 11.3 Å². The number of fused-ring (bicyclic) bond motifs is 3. The van der Waals surface area contributed by atoms with Crippen molar-refractivity contribution in [3.05, 3.63) is 35.3 Å². The second-order valence-electron chi connectivity index (χ2n) is 5.59. The predicted molar refractivity (Wildman–Crippen MR) is 89.4 cm³/mol. The molecule has 3 aromatic heterocycles. The van der Waals surface area contributed by atoms with Crippen LogP contribution in [0.25, 0.3) is 21.8 Å². The van der Waals surface area contributed by atoms with E-state index in [4.69, 9.17) is 0 Å². The summed E-state index contributed by atoms with van der Waals surface area (Å²) in [7, 11) is 0. The molecule has 0 spiro atoms. The maximum Gasteiger partial charge on any atom is 0.223 e. The van der Waals surface area contributed by atoms with Crippen LogP contribution in [-0.2, 0) is 17.6 Å². The lowest BCUT2D eigenvalue weighted by atomic mass is 9.96. The van der Waals surface area contributed by atoms with Gasteiger partial charge in [0.15, 0.2) is 5.13 Å². The Morgan fingerprint density at radius 3 is 2.96 bits per heavy atom. The Labute approximate surface area is 137 Å². The highest BCUT2D eigenvalue weighted by atomic mass is 32.1. The van der Waals surface area contributed by atoms with Crippen LogP contribution in [0.3, 0.4) is 0 Å². The third-order valence-corrected chi connectivity index (χ3v) is 4.90. The largest absolute Gasteiger partial charge is 0.302 e.